The van der Waals surface area contributed by atoms with E-state index in [2.05, 4.69) is 24.6 Å². The van der Waals surface area contributed by atoms with E-state index in [9.17, 15) is 13.2 Å². The lowest BCUT2D eigenvalue weighted by Crippen LogP contribution is -2.36. The summed E-state index contributed by atoms with van der Waals surface area (Å²) in [5.41, 5.74) is 7.81. The van der Waals surface area contributed by atoms with E-state index in [1.165, 1.54) is 18.5 Å². The van der Waals surface area contributed by atoms with Gasteiger partial charge in [-0.15, -0.1) is 11.3 Å². The predicted molar refractivity (Wildman–Crippen MR) is 139 cm³/mol. The fourth-order valence-electron chi connectivity index (χ4n) is 3.65. The van der Waals surface area contributed by atoms with E-state index in [0.29, 0.717) is 53.8 Å². The topological polar surface area (TPSA) is 163 Å². The van der Waals surface area contributed by atoms with E-state index < -0.39 is 16.0 Å². The molecule has 0 radical (unpaired) electrons. The minimum absolute atomic E-state index is 0.0267. The van der Waals surface area contributed by atoms with Crippen LogP contribution in [0.25, 0.3) is 21.6 Å². The highest BCUT2D eigenvalue weighted by Crippen LogP contribution is 2.36. The van der Waals surface area contributed by atoms with E-state index in [0.717, 1.165) is 16.9 Å². The molecule has 4 heterocycles. The summed E-state index contributed by atoms with van der Waals surface area (Å²) in [5.74, 6) is 0.336. The molecule has 1 aromatic carbocycles. The minimum Gasteiger partial charge on any atom is -0.462 e. The van der Waals surface area contributed by atoms with E-state index in [-0.39, 0.29) is 22.3 Å². The Kier molecular flexibility index (Phi) is 6.86. The lowest BCUT2D eigenvalue weighted by molar-refractivity contribution is 0.0525. The maximum absolute atomic E-state index is 13.2. The van der Waals surface area contributed by atoms with Crippen molar-refractivity contribution in [3.05, 3.63) is 48.3 Å². The number of hydrogen-bond acceptors (Lipinski definition) is 12. The molecule has 0 atom stereocenters. The fourth-order valence-corrected chi connectivity index (χ4v) is 6.02. The maximum Gasteiger partial charge on any atom is 0.341 e. The van der Waals surface area contributed by atoms with Gasteiger partial charge in [0, 0.05) is 36.7 Å². The fraction of sp³-hybridized carbons (Fsp3) is 0.261. The van der Waals surface area contributed by atoms with Gasteiger partial charge in [-0.2, -0.15) is 0 Å². The van der Waals surface area contributed by atoms with Crippen LogP contribution in [0.4, 0.5) is 17.5 Å². The van der Waals surface area contributed by atoms with Gasteiger partial charge in [0.25, 0.3) is 10.0 Å². The second kappa shape index (κ2) is 10.2. The number of aromatic nitrogens is 4. The van der Waals surface area contributed by atoms with E-state index in [1.54, 1.807) is 19.1 Å². The molecular weight excluding hydrogens is 518 g/mol. The number of sulfonamides is 1. The van der Waals surface area contributed by atoms with E-state index in [1.807, 2.05) is 12.1 Å². The van der Waals surface area contributed by atoms with Gasteiger partial charge in [-0.25, -0.2) is 37.9 Å². The molecule has 1 aliphatic rings. The Morgan fingerprint density at radius 1 is 1.16 bits per heavy atom. The largest absolute Gasteiger partial charge is 0.462 e. The van der Waals surface area contributed by atoms with Crippen molar-refractivity contribution in [1.82, 2.24) is 19.9 Å². The third-order valence-electron chi connectivity index (χ3n) is 5.46. The summed E-state index contributed by atoms with van der Waals surface area (Å²) < 4.78 is 39.8. The highest BCUT2D eigenvalue weighted by Gasteiger charge is 2.25. The molecule has 0 aliphatic carbocycles. The SMILES string of the molecule is CCOC(=O)c1cnc(NS(=O)(=O)c2cc3nc(-c4ccc(N)cc4)nc(N4CCOCC4)c3s2)nc1. The van der Waals surface area contributed by atoms with Crippen molar-refractivity contribution in [3.63, 3.8) is 0 Å². The molecule has 0 spiro atoms. The van der Waals surface area contributed by atoms with Crippen LogP contribution in [-0.4, -0.2) is 67.2 Å². The van der Waals surface area contributed by atoms with Crippen LogP contribution in [0, 0.1) is 0 Å². The second-order valence-electron chi connectivity index (χ2n) is 7.99. The number of nitrogen functional groups attached to an aromatic ring is 1. The standard InChI is InChI=1S/C23H23N7O5S2/c1-2-35-22(31)15-12-25-23(26-13-15)29-37(32,33)18-11-17-19(36-18)21(30-7-9-34-10-8-30)28-20(27-17)14-3-5-16(24)6-4-14/h3-6,11-13H,2,7-10,24H2,1H3,(H,25,26,29). The number of nitrogens with one attached hydrogen (secondary N) is 1. The Balaban J connectivity index is 1.51. The highest BCUT2D eigenvalue weighted by atomic mass is 32.2. The number of hydrogen-bond donors (Lipinski definition) is 2. The molecule has 1 aliphatic heterocycles. The number of nitrogens with two attached hydrogens (primary N) is 1. The first-order valence-electron chi connectivity index (χ1n) is 11.4. The van der Waals surface area contributed by atoms with Crippen molar-refractivity contribution in [1.29, 1.82) is 0 Å². The van der Waals surface area contributed by atoms with Crippen LogP contribution in [-0.2, 0) is 19.5 Å². The van der Waals surface area contributed by atoms with Crippen LogP contribution in [0.5, 0.6) is 0 Å². The molecule has 5 rings (SSSR count). The van der Waals surface area contributed by atoms with Gasteiger partial charge in [-0.3, -0.25) is 0 Å². The smallest absolute Gasteiger partial charge is 0.341 e. The number of carbonyl (C=O) groups is 1. The minimum atomic E-state index is -4.05. The Labute approximate surface area is 216 Å². The van der Waals surface area contributed by atoms with Gasteiger partial charge in [0.2, 0.25) is 5.95 Å². The summed E-state index contributed by atoms with van der Waals surface area (Å²) >= 11 is 1.06. The van der Waals surface area contributed by atoms with Crippen molar-refractivity contribution in [2.45, 2.75) is 11.1 Å². The third-order valence-corrected chi connectivity index (χ3v) is 8.39. The van der Waals surface area contributed by atoms with Crippen LogP contribution in [0.15, 0.2) is 46.9 Å². The molecule has 4 aromatic rings. The summed E-state index contributed by atoms with van der Waals surface area (Å²) in [5, 5.41) is 0. The number of benzene rings is 1. The highest BCUT2D eigenvalue weighted by molar-refractivity contribution is 7.94. The zero-order chi connectivity index (χ0) is 26.0. The van der Waals surface area contributed by atoms with Crippen LogP contribution < -0.4 is 15.4 Å². The summed E-state index contributed by atoms with van der Waals surface area (Å²) in [4.78, 5) is 31.2. The van der Waals surface area contributed by atoms with Gasteiger partial charge >= 0.3 is 5.97 Å². The monoisotopic (exact) mass is 541 g/mol. The Morgan fingerprint density at radius 2 is 1.86 bits per heavy atom. The molecule has 3 aromatic heterocycles. The van der Waals surface area contributed by atoms with Crippen molar-refractivity contribution in [3.8, 4) is 11.4 Å². The van der Waals surface area contributed by atoms with Gasteiger partial charge in [0.1, 0.15) is 4.21 Å². The van der Waals surface area contributed by atoms with Gasteiger partial charge in [-0.05, 0) is 37.3 Å². The second-order valence-corrected chi connectivity index (χ2v) is 11.0. The molecule has 0 saturated carbocycles. The molecule has 0 bridgehead atoms. The average Bonchev–Trinajstić information content (AvgIpc) is 3.35. The summed E-state index contributed by atoms with van der Waals surface area (Å²) in [6.45, 7) is 4.20. The van der Waals surface area contributed by atoms with E-state index in [4.69, 9.17) is 20.2 Å². The molecule has 0 unspecified atom stereocenters. The van der Waals surface area contributed by atoms with Crippen LogP contribution in [0.1, 0.15) is 17.3 Å². The molecule has 14 heteroatoms. The summed E-state index contributed by atoms with van der Waals surface area (Å²) in [6, 6.07) is 8.67. The zero-order valence-electron chi connectivity index (χ0n) is 19.7. The van der Waals surface area contributed by atoms with Crippen molar-refractivity contribution < 1.29 is 22.7 Å². The quantitative estimate of drug-likeness (QED) is 0.261. The molecule has 12 nitrogen and oxygen atoms in total. The number of anilines is 3. The van der Waals surface area contributed by atoms with Gasteiger partial charge < -0.3 is 20.1 Å². The average molecular weight is 542 g/mol. The Bertz CT molecular complexity index is 1530. The van der Waals surface area contributed by atoms with Gasteiger partial charge in [0.05, 0.1) is 35.6 Å². The lowest BCUT2D eigenvalue weighted by Gasteiger charge is -2.28. The van der Waals surface area contributed by atoms with Crippen molar-refractivity contribution in [2.24, 2.45) is 0 Å². The summed E-state index contributed by atoms with van der Waals surface area (Å²) in [7, 11) is -4.05. The molecule has 3 N–H and O–H groups in total. The molecule has 0 amide bonds. The number of thiophene rings is 1. The first-order valence-corrected chi connectivity index (χ1v) is 13.7. The van der Waals surface area contributed by atoms with Crippen molar-refractivity contribution in [2.75, 3.05) is 48.3 Å². The Hall–Kier alpha value is -3.88. The predicted octanol–water partition coefficient (Wildman–Crippen LogP) is 2.54. The normalized spacial score (nSPS) is 14.0. The van der Waals surface area contributed by atoms with Crippen LogP contribution in [0.3, 0.4) is 0 Å². The molecule has 1 saturated heterocycles. The van der Waals surface area contributed by atoms with Gasteiger partial charge in [-0.1, -0.05) is 0 Å². The number of carbonyl (C=O) groups excluding carboxylic acids is 1. The number of nitrogens with zero attached hydrogens (tertiary/aromatic N) is 5. The lowest BCUT2D eigenvalue weighted by atomic mass is 10.2. The first-order chi connectivity index (χ1) is 17.8. The van der Waals surface area contributed by atoms with Crippen LogP contribution >= 0.6 is 11.3 Å². The number of rotatable bonds is 7. The van der Waals surface area contributed by atoms with Crippen molar-refractivity contribution >= 4 is 55.0 Å². The van der Waals surface area contributed by atoms with Crippen LogP contribution in [0.2, 0.25) is 0 Å². The summed E-state index contributed by atoms with van der Waals surface area (Å²) in [6.07, 6.45) is 2.41. The van der Waals surface area contributed by atoms with E-state index >= 15 is 0 Å². The first kappa shape index (κ1) is 24.8. The number of morpholine rings is 1. The third kappa shape index (κ3) is 5.30. The number of esters is 1. The molecule has 1 fully saturated rings. The molecule has 37 heavy (non-hydrogen) atoms. The number of fused-ring (bicyclic) bond motifs is 1. The molecule has 192 valence electrons. The molecular formula is C23H23N7O5S2. The number of ether oxygens (including phenoxy) is 2. The zero-order valence-corrected chi connectivity index (χ0v) is 21.4. The maximum atomic E-state index is 13.2. The Morgan fingerprint density at radius 3 is 2.54 bits per heavy atom. The van der Waals surface area contributed by atoms with Gasteiger partial charge in [0.15, 0.2) is 11.6 Å².